The van der Waals surface area contributed by atoms with Gasteiger partial charge in [-0.05, 0) is 35.3 Å². The van der Waals surface area contributed by atoms with E-state index in [4.69, 9.17) is 0 Å². The molecule has 0 unspecified atom stereocenters. The van der Waals surface area contributed by atoms with Gasteiger partial charge in [-0.3, -0.25) is 0 Å². The van der Waals surface area contributed by atoms with Crippen molar-refractivity contribution in [2.75, 3.05) is 0 Å². The first-order valence-corrected chi connectivity index (χ1v) is 18.5. The van der Waals surface area contributed by atoms with Gasteiger partial charge < -0.3 is 0 Å². The van der Waals surface area contributed by atoms with Crippen molar-refractivity contribution in [2.45, 2.75) is 50.4 Å². The van der Waals surface area contributed by atoms with Crippen LogP contribution in [-0.2, 0) is 24.2 Å². The molecule has 3 aromatic carbocycles. The fourth-order valence-electron chi connectivity index (χ4n) is 4.73. The van der Waals surface area contributed by atoms with Gasteiger partial charge in [-0.25, -0.2) is 0 Å². The Hall–Kier alpha value is -2.43. The van der Waals surface area contributed by atoms with E-state index < -0.39 is 16.1 Å². The molecule has 0 aromatic heterocycles. The van der Waals surface area contributed by atoms with Crippen LogP contribution in [0.1, 0.15) is 33.4 Å². The Bertz CT molecular complexity index is 958. The van der Waals surface area contributed by atoms with Gasteiger partial charge in [0.2, 0.25) is 0 Å². The van der Waals surface area contributed by atoms with Crippen molar-refractivity contribution in [2.24, 2.45) is 0 Å². The molecular formula is C30H38Si2. The molecule has 3 rings (SSSR count). The van der Waals surface area contributed by atoms with E-state index >= 15 is 0 Å². The van der Waals surface area contributed by atoms with Crippen LogP contribution in [0.25, 0.3) is 12.2 Å². The Morgan fingerprint density at radius 2 is 0.875 bits per heavy atom. The maximum Gasteiger partial charge on any atom is 0.0561 e. The lowest BCUT2D eigenvalue weighted by Gasteiger charge is -2.25. The number of rotatable bonds is 10. The first-order chi connectivity index (χ1) is 15.2. The molecule has 166 valence electrons. The first-order valence-electron chi connectivity index (χ1n) is 11.7. The number of hydrogen-bond acceptors (Lipinski definition) is 0. The maximum absolute atomic E-state index is 3.86. The minimum Gasteiger partial charge on any atom is -0.0985 e. The Balaban J connectivity index is 1.65. The highest BCUT2D eigenvalue weighted by Gasteiger charge is 2.24. The van der Waals surface area contributed by atoms with Crippen LogP contribution in [0.4, 0.5) is 0 Å². The Morgan fingerprint density at radius 1 is 0.531 bits per heavy atom. The first kappa shape index (κ1) is 24.2. The SMILES string of the molecule is C=Cc1ccc(C[Si](C)(C)Cc2cccc(C[Si](C)(C)Cc3ccc(C=C)cc3)c2)cc1. The zero-order chi connectivity index (χ0) is 23.2. The molecular weight excluding hydrogens is 417 g/mol. The number of hydrogen-bond donors (Lipinski definition) is 0. The topological polar surface area (TPSA) is 0 Å². The molecule has 3 aromatic rings. The van der Waals surface area contributed by atoms with Gasteiger partial charge in [0.05, 0.1) is 16.1 Å². The molecule has 0 saturated heterocycles. The van der Waals surface area contributed by atoms with Crippen molar-refractivity contribution in [1.82, 2.24) is 0 Å². The summed E-state index contributed by atoms with van der Waals surface area (Å²) in [6, 6.07) is 32.2. The van der Waals surface area contributed by atoms with E-state index in [1.165, 1.54) is 57.6 Å². The summed E-state index contributed by atoms with van der Waals surface area (Å²) in [5, 5.41) is 0. The van der Waals surface area contributed by atoms with Crippen LogP contribution in [0.5, 0.6) is 0 Å². The van der Waals surface area contributed by atoms with Crippen molar-refractivity contribution >= 4 is 28.3 Å². The van der Waals surface area contributed by atoms with Crippen molar-refractivity contribution < 1.29 is 0 Å². The van der Waals surface area contributed by atoms with E-state index in [0.29, 0.717) is 0 Å². The molecule has 0 amide bonds. The molecule has 0 spiro atoms. The van der Waals surface area contributed by atoms with E-state index in [-0.39, 0.29) is 0 Å². The summed E-state index contributed by atoms with van der Waals surface area (Å²) in [6.45, 7) is 17.8. The normalized spacial score (nSPS) is 11.9. The third kappa shape index (κ3) is 7.32. The molecule has 0 bridgehead atoms. The summed E-state index contributed by atoms with van der Waals surface area (Å²) < 4.78 is 0. The lowest BCUT2D eigenvalue weighted by Crippen LogP contribution is -2.34. The van der Waals surface area contributed by atoms with Crippen LogP contribution in [0.15, 0.2) is 86.0 Å². The van der Waals surface area contributed by atoms with Crippen molar-refractivity contribution in [3.8, 4) is 0 Å². The van der Waals surface area contributed by atoms with E-state index in [0.717, 1.165) is 0 Å². The lowest BCUT2D eigenvalue weighted by atomic mass is 10.1. The van der Waals surface area contributed by atoms with Gasteiger partial charge in [0.15, 0.2) is 0 Å². The van der Waals surface area contributed by atoms with Crippen molar-refractivity contribution in [3.63, 3.8) is 0 Å². The molecule has 0 N–H and O–H groups in total. The summed E-state index contributed by atoms with van der Waals surface area (Å²) in [4.78, 5) is 0. The minimum atomic E-state index is -1.39. The fourth-order valence-corrected chi connectivity index (χ4v) is 10.3. The quantitative estimate of drug-likeness (QED) is 0.271. The lowest BCUT2D eigenvalue weighted by molar-refractivity contribution is 1.17. The van der Waals surface area contributed by atoms with E-state index in [1.807, 2.05) is 12.2 Å². The summed E-state index contributed by atoms with van der Waals surface area (Å²) in [6.07, 6.45) is 3.83. The molecule has 0 saturated carbocycles. The molecule has 0 aliphatic heterocycles. The van der Waals surface area contributed by atoms with Gasteiger partial charge in [-0.2, -0.15) is 0 Å². The second-order valence-corrected chi connectivity index (χ2v) is 20.8. The predicted molar refractivity (Wildman–Crippen MR) is 149 cm³/mol. The molecule has 2 heteroatoms. The van der Waals surface area contributed by atoms with Crippen LogP contribution in [0.2, 0.25) is 26.2 Å². The van der Waals surface area contributed by atoms with Crippen LogP contribution in [-0.4, -0.2) is 16.1 Å². The molecule has 0 nitrogen and oxygen atoms in total. The largest absolute Gasteiger partial charge is 0.0985 e. The highest BCUT2D eigenvalue weighted by atomic mass is 28.3. The molecule has 32 heavy (non-hydrogen) atoms. The predicted octanol–water partition coefficient (Wildman–Crippen LogP) is 8.12. The van der Waals surface area contributed by atoms with E-state index in [1.54, 1.807) is 0 Å². The van der Waals surface area contributed by atoms with Crippen LogP contribution in [0.3, 0.4) is 0 Å². The van der Waals surface area contributed by atoms with Gasteiger partial charge in [0, 0.05) is 0 Å². The smallest absolute Gasteiger partial charge is 0.0561 e. The summed E-state index contributed by atoms with van der Waals surface area (Å²) in [5.74, 6) is 0. The van der Waals surface area contributed by atoms with Gasteiger partial charge >= 0.3 is 0 Å². The average molecular weight is 455 g/mol. The molecule has 0 heterocycles. The van der Waals surface area contributed by atoms with Crippen molar-refractivity contribution in [1.29, 1.82) is 0 Å². The van der Waals surface area contributed by atoms with Gasteiger partial charge in [-0.1, -0.05) is 147 Å². The zero-order valence-corrected chi connectivity index (χ0v) is 22.3. The Morgan fingerprint density at radius 3 is 1.22 bits per heavy atom. The highest BCUT2D eigenvalue weighted by Crippen LogP contribution is 2.22. The number of benzene rings is 3. The molecule has 0 aliphatic rings. The molecule has 0 aliphatic carbocycles. The summed E-state index contributed by atoms with van der Waals surface area (Å²) in [7, 11) is -2.77. The summed E-state index contributed by atoms with van der Waals surface area (Å²) >= 11 is 0. The Labute approximate surface area is 197 Å². The molecule has 0 atom stereocenters. The zero-order valence-electron chi connectivity index (χ0n) is 20.3. The standard InChI is InChI=1S/C30H38Si2/c1-7-25-12-16-27(17-13-25)21-31(3,4)23-29-10-9-11-30(20-29)24-32(5,6)22-28-18-14-26(8-2)15-19-28/h7-20H,1-2,21-24H2,3-6H3. The third-order valence-electron chi connectivity index (χ3n) is 6.15. The average Bonchev–Trinajstić information content (AvgIpc) is 2.74. The van der Waals surface area contributed by atoms with Crippen LogP contribution >= 0.6 is 0 Å². The monoisotopic (exact) mass is 454 g/mol. The van der Waals surface area contributed by atoms with Crippen LogP contribution in [0, 0.1) is 0 Å². The van der Waals surface area contributed by atoms with Gasteiger partial charge in [0.1, 0.15) is 0 Å². The van der Waals surface area contributed by atoms with E-state index in [9.17, 15) is 0 Å². The van der Waals surface area contributed by atoms with Crippen LogP contribution < -0.4 is 0 Å². The van der Waals surface area contributed by atoms with Gasteiger partial charge in [0.25, 0.3) is 0 Å². The fraction of sp³-hybridized carbons (Fsp3) is 0.267. The molecule has 0 radical (unpaired) electrons. The third-order valence-corrected chi connectivity index (χ3v) is 11.6. The molecule has 0 fully saturated rings. The Kier molecular flexibility index (Phi) is 7.92. The minimum absolute atomic E-state index is 1.20. The second kappa shape index (κ2) is 10.5. The van der Waals surface area contributed by atoms with E-state index in [2.05, 4.69) is 112 Å². The van der Waals surface area contributed by atoms with Gasteiger partial charge in [-0.15, -0.1) is 0 Å². The highest BCUT2D eigenvalue weighted by molar-refractivity contribution is 6.76. The maximum atomic E-state index is 3.86. The summed E-state index contributed by atoms with van der Waals surface area (Å²) in [5.41, 5.74) is 8.34. The second-order valence-electron chi connectivity index (χ2n) is 10.7. The van der Waals surface area contributed by atoms with Crippen molar-refractivity contribution in [3.05, 3.63) is 119 Å².